The van der Waals surface area contributed by atoms with Crippen molar-refractivity contribution in [3.05, 3.63) is 157 Å². The van der Waals surface area contributed by atoms with Crippen molar-refractivity contribution < 1.29 is 0 Å². The molecular formula is C50H43N5. The lowest BCUT2D eigenvalue weighted by Gasteiger charge is -2.50. The van der Waals surface area contributed by atoms with Gasteiger partial charge in [0.1, 0.15) is 0 Å². The van der Waals surface area contributed by atoms with Crippen LogP contribution in [0, 0.1) is 29.1 Å². The molecule has 1 unspecified atom stereocenters. The van der Waals surface area contributed by atoms with Crippen molar-refractivity contribution in [1.82, 2.24) is 19.9 Å². The number of hydrogen-bond donors (Lipinski definition) is 0. The van der Waals surface area contributed by atoms with E-state index in [1.54, 1.807) is 12.1 Å². The van der Waals surface area contributed by atoms with Crippen LogP contribution in [0.25, 0.3) is 67.7 Å². The fourth-order valence-corrected chi connectivity index (χ4v) is 9.62. The van der Waals surface area contributed by atoms with E-state index in [2.05, 4.69) is 104 Å². The van der Waals surface area contributed by atoms with Crippen molar-refractivity contribution in [2.24, 2.45) is 17.8 Å². The highest BCUT2D eigenvalue weighted by Crippen LogP contribution is 2.54. The largest absolute Gasteiger partial charge is 0.256 e. The van der Waals surface area contributed by atoms with Crippen LogP contribution in [0.15, 0.2) is 146 Å². The minimum absolute atomic E-state index is 0.324. The lowest BCUT2D eigenvalue weighted by Crippen LogP contribution is -2.42. The summed E-state index contributed by atoms with van der Waals surface area (Å²) in [6, 6.07) is 50.3. The molecule has 0 radical (unpaired) electrons. The maximum atomic E-state index is 9.46. The molecule has 0 amide bonds. The van der Waals surface area contributed by atoms with Gasteiger partial charge in [-0.2, -0.15) is 5.26 Å². The third-order valence-electron chi connectivity index (χ3n) is 11.8. The molecule has 0 spiro atoms. The maximum absolute atomic E-state index is 9.46. The minimum atomic E-state index is 0.324. The van der Waals surface area contributed by atoms with Crippen LogP contribution in [0.3, 0.4) is 0 Å². The van der Waals surface area contributed by atoms with Gasteiger partial charge in [0, 0.05) is 28.5 Å². The van der Waals surface area contributed by atoms with Crippen molar-refractivity contribution >= 4 is 0 Å². The number of benzene rings is 5. The van der Waals surface area contributed by atoms with E-state index in [1.165, 1.54) is 43.2 Å². The van der Waals surface area contributed by atoms with Gasteiger partial charge in [0.05, 0.1) is 17.3 Å². The normalized spacial score (nSPS) is 20.4. The molecule has 2 saturated carbocycles. The summed E-state index contributed by atoms with van der Waals surface area (Å²) in [4.78, 5) is 19.8. The zero-order valence-corrected chi connectivity index (χ0v) is 31.4. The average Bonchev–Trinajstić information content (AvgIpc) is 3.23. The highest BCUT2D eigenvalue weighted by molar-refractivity contribution is 5.85. The molecular weight excluding hydrogens is 671 g/mol. The minimum Gasteiger partial charge on any atom is -0.256 e. The lowest BCUT2D eigenvalue weighted by atomic mass is 9.54. The Balaban J connectivity index is 1.09. The third kappa shape index (κ3) is 6.97. The van der Waals surface area contributed by atoms with Crippen LogP contribution in [-0.2, 0) is 5.41 Å². The van der Waals surface area contributed by atoms with Gasteiger partial charge in [-0.25, -0.2) is 15.0 Å². The van der Waals surface area contributed by atoms with E-state index in [0.717, 1.165) is 62.4 Å². The van der Waals surface area contributed by atoms with E-state index in [1.807, 2.05) is 54.7 Å². The molecule has 2 fully saturated rings. The molecule has 0 saturated heterocycles. The molecule has 9 rings (SSSR count). The van der Waals surface area contributed by atoms with Gasteiger partial charge in [-0.15, -0.1) is 0 Å². The van der Waals surface area contributed by atoms with Gasteiger partial charge in [0.25, 0.3) is 0 Å². The summed E-state index contributed by atoms with van der Waals surface area (Å²) in [5, 5.41) is 9.46. The first-order chi connectivity index (χ1) is 26.9. The Hall–Kier alpha value is -6.25. The van der Waals surface area contributed by atoms with E-state index in [0.29, 0.717) is 28.5 Å². The van der Waals surface area contributed by atoms with Gasteiger partial charge in [-0.05, 0) is 132 Å². The molecule has 55 heavy (non-hydrogen) atoms. The summed E-state index contributed by atoms with van der Waals surface area (Å²) in [7, 11) is 0. The van der Waals surface area contributed by atoms with Crippen molar-refractivity contribution in [3.63, 3.8) is 0 Å². The number of nitrogens with zero attached hydrogens (tertiary/aromatic N) is 5. The van der Waals surface area contributed by atoms with Crippen LogP contribution >= 0.6 is 0 Å². The van der Waals surface area contributed by atoms with Crippen molar-refractivity contribution in [1.29, 1.82) is 5.26 Å². The van der Waals surface area contributed by atoms with Crippen molar-refractivity contribution in [2.45, 2.75) is 51.4 Å². The zero-order chi connectivity index (χ0) is 37.4. The third-order valence-corrected chi connectivity index (χ3v) is 11.8. The number of rotatable bonds is 7. The van der Waals surface area contributed by atoms with Crippen LogP contribution < -0.4 is 0 Å². The summed E-state index contributed by atoms with van der Waals surface area (Å²) < 4.78 is 0. The Morgan fingerprint density at radius 2 is 1.09 bits per heavy atom. The van der Waals surface area contributed by atoms with Gasteiger partial charge in [0.2, 0.25) is 0 Å². The van der Waals surface area contributed by atoms with Gasteiger partial charge in [-0.3, -0.25) is 4.98 Å². The zero-order valence-electron chi connectivity index (χ0n) is 31.4. The first-order valence-corrected chi connectivity index (χ1v) is 19.5. The van der Waals surface area contributed by atoms with E-state index >= 15 is 0 Å². The Labute approximate surface area is 323 Å². The number of hydrogen-bond acceptors (Lipinski definition) is 5. The number of pyridine rings is 1. The van der Waals surface area contributed by atoms with Gasteiger partial charge < -0.3 is 0 Å². The van der Waals surface area contributed by atoms with E-state index in [9.17, 15) is 5.26 Å². The van der Waals surface area contributed by atoms with Gasteiger partial charge in [0.15, 0.2) is 17.5 Å². The predicted molar refractivity (Wildman–Crippen MR) is 222 cm³/mol. The monoisotopic (exact) mass is 713 g/mol. The summed E-state index contributed by atoms with van der Waals surface area (Å²) in [5.41, 5.74) is 11.4. The second kappa shape index (κ2) is 14.5. The molecule has 7 aromatic rings. The Kier molecular flexibility index (Phi) is 9.12. The molecule has 5 heteroatoms. The van der Waals surface area contributed by atoms with Gasteiger partial charge >= 0.3 is 0 Å². The standard InChI is InChI=1S/C50H43N5/c1-33-26-36-27-34(2)30-50(29-33,31-36)43-22-19-38(20-23-43)37-15-17-41(18-16-37)48-53-47(40-13-11-35(32-51)12-14-40)54-49(55-48)44-24-21-42(46-10-6-7-25-52-46)28-45(44)39-8-4-3-5-9-39/h3-25,28,33-34,36H,26-27,29-31H2,1-2H3/t33-,34+,36-,50?. The molecule has 2 heterocycles. The predicted octanol–water partition coefficient (Wildman–Crippen LogP) is 12.2. The average molecular weight is 714 g/mol. The highest BCUT2D eigenvalue weighted by atomic mass is 15.0. The SMILES string of the molecule is C[C@@H]1C[C@@H]2C[C@H](C)CC(c3ccc(-c4ccc(-c5nc(-c6ccc(C#N)cc6)nc(-c6ccc(-c7ccccn7)cc6-c6ccccc6)n5)cc4)cc3)(C1)C2. The Bertz CT molecular complexity index is 2470. The fourth-order valence-electron chi connectivity index (χ4n) is 9.62. The topological polar surface area (TPSA) is 75.3 Å². The van der Waals surface area contributed by atoms with Crippen molar-refractivity contribution in [2.75, 3.05) is 0 Å². The molecule has 4 atom stereocenters. The first-order valence-electron chi connectivity index (χ1n) is 19.5. The molecule has 0 aliphatic heterocycles. The van der Waals surface area contributed by atoms with Crippen LogP contribution in [0.4, 0.5) is 0 Å². The van der Waals surface area contributed by atoms with Crippen LogP contribution in [-0.4, -0.2) is 19.9 Å². The number of aromatic nitrogens is 4. The number of fused-ring (bicyclic) bond motifs is 2. The summed E-state index contributed by atoms with van der Waals surface area (Å²) in [6.07, 6.45) is 8.55. The first kappa shape index (κ1) is 34.5. The summed E-state index contributed by atoms with van der Waals surface area (Å²) in [5.74, 6) is 4.17. The second-order valence-corrected chi connectivity index (χ2v) is 15.9. The van der Waals surface area contributed by atoms with Gasteiger partial charge in [-0.1, -0.05) is 105 Å². The van der Waals surface area contributed by atoms with E-state index in [-0.39, 0.29) is 0 Å². The quantitative estimate of drug-likeness (QED) is 0.164. The molecule has 5 nitrogen and oxygen atoms in total. The van der Waals surface area contributed by atoms with Crippen LogP contribution in [0.2, 0.25) is 0 Å². The Morgan fingerprint density at radius 1 is 0.527 bits per heavy atom. The lowest BCUT2D eigenvalue weighted by molar-refractivity contribution is 0.0780. The molecule has 2 aliphatic carbocycles. The number of nitriles is 1. The maximum Gasteiger partial charge on any atom is 0.164 e. The Morgan fingerprint density at radius 3 is 1.71 bits per heavy atom. The van der Waals surface area contributed by atoms with E-state index in [4.69, 9.17) is 15.0 Å². The summed E-state index contributed by atoms with van der Waals surface area (Å²) in [6.45, 7) is 4.91. The smallest absolute Gasteiger partial charge is 0.164 e. The molecule has 2 aromatic heterocycles. The van der Waals surface area contributed by atoms with Crippen LogP contribution in [0.1, 0.15) is 57.1 Å². The van der Waals surface area contributed by atoms with Crippen LogP contribution in [0.5, 0.6) is 0 Å². The molecule has 5 aromatic carbocycles. The molecule has 0 N–H and O–H groups in total. The van der Waals surface area contributed by atoms with Crippen molar-refractivity contribution in [3.8, 4) is 73.7 Å². The summed E-state index contributed by atoms with van der Waals surface area (Å²) >= 11 is 0. The fraction of sp³-hybridized carbons (Fsp3) is 0.220. The molecule has 2 bridgehead atoms. The highest BCUT2D eigenvalue weighted by Gasteiger charge is 2.45. The molecule has 2 aliphatic rings. The van der Waals surface area contributed by atoms with E-state index < -0.39 is 0 Å². The second-order valence-electron chi connectivity index (χ2n) is 15.9. The molecule has 268 valence electrons.